The van der Waals surface area contributed by atoms with E-state index >= 15 is 0 Å². The minimum absolute atomic E-state index is 0.0507. The third-order valence-corrected chi connectivity index (χ3v) is 5.01. The van der Waals surface area contributed by atoms with Gasteiger partial charge in [-0.3, -0.25) is 4.79 Å². The van der Waals surface area contributed by atoms with Gasteiger partial charge in [-0.25, -0.2) is 0 Å². The predicted molar refractivity (Wildman–Crippen MR) is 96.1 cm³/mol. The number of carbonyl (C=O) groups is 1. The molecule has 1 heterocycles. The molecule has 0 fully saturated rings. The largest absolute Gasteiger partial charge is 0.486 e. The van der Waals surface area contributed by atoms with Crippen molar-refractivity contribution in [3.05, 3.63) is 53.1 Å². The minimum Gasteiger partial charge on any atom is -0.486 e. The molecule has 0 N–H and O–H groups in total. The third kappa shape index (κ3) is 4.16. The number of ether oxygens (including phenoxy) is 2. The average Bonchev–Trinajstić information content (AvgIpc) is 2.61. The molecule has 1 aliphatic heterocycles. The van der Waals surface area contributed by atoms with Crippen LogP contribution < -0.4 is 9.47 Å². The minimum atomic E-state index is 0.0507. The maximum Gasteiger partial charge on any atom is 0.232 e. The van der Waals surface area contributed by atoms with E-state index in [1.54, 1.807) is 11.9 Å². The van der Waals surface area contributed by atoms with E-state index in [2.05, 4.69) is 0 Å². The van der Waals surface area contributed by atoms with Gasteiger partial charge in [0.2, 0.25) is 5.91 Å². The molecule has 0 atom stereocenters. The third-order valence-electron chi connectivity index (χ3n) is 3.67. The first-order valence-corrected chi connectivity index (χ1v) is 8.99. The molecule has 1 aliphatic rings. The predicted octanol–water partition coefficient (Wildman–Crippen LogP) is 3.86. The number of benzene rings is 2. The van der Waals surface area contributed by atoms with Gasteiger partial charge in [0, 0.05) is 23.5 Å². The molecule has 2 aromatic carbocycles. The molecule has 0 aliphatic carbocycles. The van der Waals surface area contributed by atoms with Crippen molar-refractivity contribution in [3.8, 4) is 11.5 Å². The summed E-state index contributed by atoms with van der Waals surface area (Å²) < 4.78 is 11.1. The van der Waals surface area contributed by atoms with Gasteiger partial charge in [-0.1, -0.05) is 29.8 Å². The molecule has 0 unspecified atom stereocenters. The summed E-state index contributed by atoms with van der Waals surface area (Å²) in [5.41, 5.74) is 0.944. The first-order valence-electron chi connectivity index (χ1n) is 7.63. The summed E-state index contributed by atoms with van der Waals surface area (Å²) in [5, 5.41) is 0.677. The molecule has 0 radical (unpaired) electrons. The van der Waals surface area contributed by atoms with Crippen LogP contribution in [0.15, 0.2) is 47.4 Å². The molecule has 126 valence electrons. The molecule has 0 saturated heterocycles. The summed E-state index contributed by atoms with van der Waals surface area (Å²) in [4.78, 5) is 15.0. The van der Waals surface area contributed by atoms with Gasteiger partial charge in [0.15, 0.2) is 11.5 Å². The van der Waals surface area contributed by atoms with Gasteiger partial charge in [0.25, 0.3) is 0 Å². The molecule has 0 bridgehead atoms. The van der Waals surface area contributed by atoms with Gasteiger partial charge < -0.3 is 14.4 Å². The van der Waals surface area contributed by atoms with E-state index in [4.69, 9.17) is 21.1 Å². The van der Waals surface area contributed by atoms with Crippen LogP contribution in [0.1, 0.15) is 5.56 Å². The molecular formula is C18H18ClNO3S. The lowest BCUT2D eigenvalue weighted by atomic mass is 10.2. The first-order chi connectivity index (χ1) is 11.6. The summed E-state index contributed by atoms with van der Waals surface area (Å²) in [6.07, 6.45) is 0. The van der Waals surface area contributed by atoms with Crippen molar-refractivity contribution >= 4 is 29.3 Å². The number of halogens is 1. The fourth-order valence-corrected chi connectivity index (χ4v) is 3.40. The zero-order valence-electron chi connectivity index (χ0n) is 13.3. The Morgan fingerprint density at radius 1 is 1.17 bits per heavy atom. The van der Waals surface area contributed by atoms with Gasteiger partial charge in [0.05, 0.1) is 5.75 Å². The van der Waals surface area contributed by atoms with Crippen LogP contribution >= 0.6 is 23.4 Å². The Morgan fingerprint density at radius 2 is 1.92 bits per heavy atom. The van der Waals surface area contributed by atoms with Crippen LogP contribution in [0, 0.1) is 0 Å². The fourth-order valence-electron chi connectivity index (χ4n) is 2.34. The van der Waals surface area contributed by atoms with Crippen LogP contribution in [-0.2, 0) is 11.3 Å². The SMILES string of the molecule is CN(Cc1ccccc1Cl)C(=O)CSc1ccc2c(c1)OCCO2. The number of thioether (sulfide) groups is 1. The van der Waals surface area contributed by atoms with E-state index < -0.39 is 0 Å². The van der Waals surface area contributed by atoms with E-state index in [9.17, 15) is 4.79 Å². The highest BCUT2D eigenvalue weighted by atomic mass is 35.5. The van der Waals surface area contributed by atoms with E-state index in [0.29, 0.717) is 30.5 Å². The molecule has 6 heteroatoms. The number of fused-ring (bicyclic) bond motifs is 1. The second-order valence-electron chi connectivity index (χ2n) is 5.44. The van der Waals surface area contributed by atoms with Crippen molar-refractivity contribution in [1.82, 2.24) is 4.90 Å². The van der Waals surface area contributed by atoms with Crippen molar-refractivity contribution in [2.45, 2.75) is 11.4 Å². The number of hydrogen-bond donors (Lipinski definition) is 0. The van der Waals surface area contributed by atoms with Gasteiger partial charge in [-0.2, -0.15) is 0 Å². The van der Waals surface area contributed by atoms with Gasteiger partial charge in [-0.15, -0.1) is 11.8 Å². The normalized spacial score (nSPS) is 12.8. The topological polar surface area (TPSA) is 38.8 Å². The highest BCUT2D eigenvalue weighted by Gasteiger charge is 2.14. The molecule has 24 heavy (non-hydrogen) atoms. The maximum absolute atomic E-state index is 12.3. The Kier molecular flexibility index (Phi) is 5.53. The van der Waals surface area contributed by atoms with Gasteiger partial charge in [-0.05, 0) is 29.8 Å². The summed E-state index contributed by atoms with van der Waals surface area (Å²) in [5.74, 6) is 1.91. The molecular weight excluding hydrogens is 346 g/mol. The zero-order valence-corrected chi connectivity index (χ0v) is 14.9. The number of hydrogen-bond acceptors (Lipinski definition) is 4. The van der Waals surface area contributed by atoms with Crippen LogP contribution in [0.25, 0.3) is 0 Å². The number of amides is 1. The van der Waals surface area contributed by atoms with Gasteiger partial charge in [0.1, 0.15) is 13.2 Å². The average molecular weight is 364 g/mol. The standard InChI is InChI=1S/C18H18ClNO3S/c1-20(11-13-4-2-3-5-15(13)19)18(21)12-24-14-6-7-16-17(10-14)23-9-8-22-16/h2-7,10H,8-9,11-12H2,1H3. The summed E-state index contributed by atoms with van der Waals surface area (Å²) in [6, 6.07) is 13.3. The monoisotopic (exact) mass is 363 g/mol. The van der Waals surface area contributed by atoms with E-state index in [1.807, 2.05) is 42.5 Å². The Morgan fingerprint density at radius 3 is 2.71 bits per heavy atom. The molecule has 4 nitrogen and oxygen atoms in total. The second kappa shape index (κ2) is 7.81. The molecule has 3 rings (SSSR count). The number of nitrogens with zero attached hydrogens (tertiary/aromatic N) is 1. The smallest absolute Gasteiger partial charge is 0.232 e. The lowest BCUT2D eigenvalue weighted by Gasteiger charge is -2.19. The quantitative estimate of drug-likeness (QED) is 0.756. The van der Waals surface area contributed by atoms with E-state index in [0.717, 1.165) is 22.0 Å². The fraction of sp³-hybridized carbons (Fsp3) is 0.278. The first kappa shape index (κ1) is 17.0. The molecule has 0 aromatic heterocycles. The Bertz CT molecular complexity index is 738. The summed E-state index contributed by atoms with van der Waals surface area (Å²) >= 11 is 7.63. The highest BCUT2D eigenvalue weighted by molar-refractivity contribution is 8.00. The molecule has 1 amide bonds. The summed E-state index contributed by atoms with van der Waals surface area (Å²) in [6.45, 7) is 1.63. The highest BCUT2D eigenvalue weighted by Crippen LogP contribution is 2.34. The van der Waals surface area contributed by atoms with Crippen molar-refractivity contribution in [2.75, 3.05) is 26.0 Å². The Labute approximate surface area is 150 Å². The van der Waals surface area contributed by atoms with E-state index in [1.165, 1.54) is 11.8 Å². The molecule has 2 aromatic rings. The number of carbonyl (C=O) groups excluding carboxylic acids is 1. The zero-order chi connectivity index (χ0) is 16.9. The van der Waals surface area contributed by atoms with Crippen LogP contribution in [0.4, 0.5) is 0 Å². The van der Waals surface area contributed by atoms with Gasteiger partial charge >= 0.3 is 0 Å². The lowest BCUT2D eigenvalue weighted by Crippen LogP contribution is -2.27. The van der Waals surface area contributed by atoms with Crippen LogP contribution in [-0.4, -0.2) is 36.8 Å². The van der Waals surface area contributed by atoms with E-state index in [-0.39, 0.29) is 5.91 Å². The number of rotatable bonds is 5. The summed E-state index contributed by atoms with van der Waals surface area (Å²) in [7, 11) is 1.79. The van der Waals surface area contributed by atoms with Crippen molar-refractivity contribution in [1.29, 1.82) is 0 Å². The van der Waals surface area contributed by atoms with Crippen molar-refractivity contribution in [2.24, 2.45) is 0 Å². The second-order valence-corrected chi connectivity index (χ2v) is 6.89. The Balaban J connectivity index is 1.56. The molecule has 0 saturated carbocycles. The lowest BCUT2D eigenvalue weighted by molar-refractivity contribution is -0.127. The van der Waals surface area contributed by atoms with Crippen LogP contribution in [0.2, 0.25) is 5.02 Å². The van der Waals surface area contributed by atoms with Crippen LogP contribution in [0.5, 0.6) is 11.5 Å². The molecule has 0 spiro atoms. The van der Waals surface area contributed by atoms with Crippen molar-refractivity contribution < 1.29 is 14.3 Å². The Hall–Kier alpha value is -1.85. The van der Waals surface area contributed by atoms with Crippen LogP contribution in [0.3, 0.4) is 0 Å². The van der Waals surface area contributed by atoms with Crippen molar-refractivity contribution in [3.63, 3.8) is 0 Å². The maximum atomic E-state index is 12.3.